The Hall–Kier alpha value is -4.75. The van der Waals surface area contributed by atoms with Gasteiger partial charge in [-0.3, -0.25) is 0 Å². The number of unbranched alkanes of at least 4 members (excludes halogenated alkanes) is 6. The first-order chi connectivity index (χ1) is 24.0. The Labute approximate surface area is 295 Å². The van der Waals surface area contributed by atoms with E-state index in [1.807, 2.05) is 61.5 Å². The zero-order valence-corrected chi connectivity index (χ0v) is 29.4. The van der Waals surface area contributed by atoms with Gasteiger partial charge in [-0.2, -0.15) is 0 Å². The number of thiophene rings is 1. The van der Waals surface area contributed by atoms with Crippen LogP contribution in [0.15, 0.2) is 100 Å². The molecule has 0 radical (unpaired) electrons. The van der Waals surface area contributed by atoms with E-state index < -0.39 is 5.97 Å². The van der Waals surface area contributed by atoms with E-state index in [1.165, 1.54) is 41.6 Å². The van der Waals surface area contributed by atoms with Crippen LogP contribution >= 0.6 is 22.7 Å². The van der Waals surface area contributed by atoms with Crippen LogP contribution in [0.4, 0.5) is 27.2 Å². The average Bonchev–Trinajstić information content (AvgIpc) is 3.70. The van der Waals surface area contributed by atoms with Crippen molar-refractivity contribution in [3.63, 3.8) is 0 Å². The van der Waals surface area contributed by atoms with E-state index in [0.717, 1.165) is 76.4 Å². The number of esters is 2. The highest BCUT2D eigenvalue weighted by Gasteiger charge is 2.09. The van der Waals surface area contributed by atoms with Crippen molar-refractivity contribution >= 4 is 71.3 Å². The molecule has 258 valence electrons. The molecule has 49 heavy (non-hydrogen) atoms. The monoisotopic (exact) mass is 702 g/mol. The van der Waals surface area contributed by atoms with Gasteiger partial charge in [0.2, 0.25) is 5.13 Å². The third-order valence-electron chi connectivity index (χ3n) is 7.25. The molecule has 0 spiro atoms. The van der Waals surface area contributed by atoms with Crippen LogP contribution in [0.3, 0.4) is 0 Å². The summed E-state index contributed by atoms with van der Waals surface area (Å²) in [6.07, 6.45) is 9.95. The van der Waals surface area contributed by atoms with Crippen molar-refractivity contribution in [2.75, 3.05) is 37.8 Å². The molecule has 13 heteroatoms. The van der Waals surface area contributed by atoms with Crippen LogP contribution in [-0.4, -0.2) is 49.8 Å². The van der Waals surface area contributed by atoms with Gasteiger partial charge in [0, 0.05) is 24.4 Å². The fourth-order valence-corrected chi connectivity index (χ4v) is 6.49. The first kappa shape index (κ1) is 37.1. The molecule has 0 unspecified atom stereocenters. The SMILES string of the molecule is C=CC(=O)OCCCCCCCCCOc1ccc(N=Nc2cc3sc(N=Nc4ccc(N(CC)CCOC(=O)C=C)cc4)nc3s2)cc1. The number of likely N-dealkylation sites (N-methyl/N-ethyl adjacent to an activating group) is 1. The molecule has 4 rings (SSSR count). The third-order valence-corrected chi connectivity index (χ3v) is 9.18. The maximum Gasteiger partial charge on any atom is 0.330 e. The largest absolute Gasteiger partial charge is 0.494 e. The van der Waals surface area contributed by atoms with Gasteiger partial charge in [0.25, 0.3) is 0 Å². The Bertz CT molecular complexity index is 1670. The van der Waals surface area contributed by atoms with Gasteiger partial charge in [-0.05, 0) is 74.4 Å². The Balaban J connectivity index is 1.15. The summed E-state index contributed by atoms with van der Waals surface area (Å²) in [4.78, 5) is 29.8. The molecule has 0 saturated carbocycles. The lowest BCUT2D eigenvalue weighted by Gasteiger charge is -2.22. The number of fused-ring (bicyclic) bond motifs is 1. The molecule has 0 aliphatic carbocycles. The quantitative estimate of drug-likeness (QED) is 0.0345. The van der Waals surface area contributed by atoms with Crippen LogP contribution in [0.2, 0.25) is 0 Å². The molecule has 0 N–H and O–H groups in total. The Morgan fingerprint density at radius 2 is 1.35 bits per heavy atom. The molecule has 0 bridgehead atoms. The lowest BCUT2D eigenvalue weighted by Crippen LogP contribution is -2.27. The summed E-state index contributed by atoms with van der Waals surface area (Å²) in [5.41, 5.74) is 2.47. The van der Waals surface area contributed by atoms with E-state index in [2.05, 4.69) is 43.5 Å². The maximum atomic E-state index is 11.3. The second kappa shape index (κ2) is 20.6. The first-order valence-corrected chi connectivity index (χ1v) is 18.0. The number of benzene rings is 2. The van der Waals surface area contributed by atoms with E-state index in [0.29, 0.717) is 30.6 Å². The number of ether oxygens (including phenoxy) is 3. The smallest absolute Gasteiger partial charge is 0.330 e. The van der Waals surface area contributed by atoms with Crippen molar-refractivity contribution in [2.45, 2.75) is 51.9 Å². The molecular weight excluding hydrogens is 661 g/mol. The molecule has 4 aromatic rings. The molecule has 2 aromatic carbocycles. The zero-order valence-electron chi connectivity index (χ0n) is 27.8. The number of hydrogen-bond donors (Lipinski definition) is 0. The Kier molecular flexibility index (Phi) is 15.6. The number of hydrogen-bond acceptors (Lipinski definition) is 13. The molecule has 2 aromatic heterocycles. The molecular formula is C36H42N6O5S2. The van der Waals surface area contributed by atoms with Gasteiger partial charge in [0.05, 0.1) is 35.8 Å². The average molecular weight is 703 g/mol. The summed E-state index contributed by atoms with van der Waals surface area (Å²) in [7, 11) is 0. The Morgan fingerprint density at radius 3 is 1.98 bits per heavy atom. The number of nitrogens with zero attached hydrogens (tertiary/aromatic N) is 6. The molecule has 0 fully saturated rings. The number of thiazole rings is 1. The van der Waals surface area contributed by atoms with E-state index in [1.54, 1.807) is 0 Å². The summed E-state index contributed by atoms with van der Waals surface area (Å²) >= 11 is 2.91. The molecule has 0 saturated heterocycles. The van der Waals surface area contributed by atoms with E-state index in [4.69, 9.17) is 14.2 Å². The van der Waals surface area contributed by atoms with Gasteiger partial charge in [0.15, 0.2) is 0 Å². The summed E-state index contributed by atoms with van der Waals surface area (Å²) < 4.78 is 16.9. The molecule has 11 nitrogen and oxygen atoms in total. The van der Waals surface area contributed by atoms with Crippen LogP contribution in [0.1, 0.15) is 51.9 Å². The van der Waals surface area contributed by atoms with E-state index in [-0.39, 0.29) is 12.6 Å². The summed E-state index contributed by atoms with van der Waals surface area (Å²) in [6.45, 7) is 11.6. The van der Waals surface area contributed by atoms with Crippen molar-refractivity contribution in [3.05, 3.63) is 79.9 Å². The number of azo groups is 2. The van der Waals surface area contributed by atoms with Gasteiger partial charge in [-0.1, -0.05) is 67.9 Å². The predicted octanol–water partition coefficient (Wildman–Crippen LogP) is 10.6. The van der Waals surface area contributed by atoms with Crippen molar-refractivity contribution < 1.29 is 23.8 Å². The molecule has 0 aliphatic heterocycles. The van der Waals surface area contributed by atoms with E-state index >= 15 is 0 Å². The van der Waals surface area contributed by atoms with E-state index in [9.17, 15) is 9.59 Å². The highest BCUT2D eigenvalue weighted by Crippen LogP contribution is 2.39. The lowest BCUT2D eigenvalue weighted by atomic mass is 10.1. The van der Waals surface area contributed by atoms with Crippen molar-refractivity contribution in [1.82, 2.24) is 4.98 Å². The first-order valence-electron chi connectivity index (χ1n) is 16.4. The van der Waals surface area contributed by atoms with Gasteiger partial charge in [-0.15, -0.1) is 20.5 Å². The normalized spacial score (nSPS) is 11.3. The minimum Gasteiger partial charge on any atom is -0.494 e. The van der Waals surface area contributed by atoms with Crippen molar-refractivity contribution in [2.24, 2.45) is 20.5 Å². The minimum absolute atomic E-state index is 0.289. The minimum atomic E-state index is -0.423. The molecule has 0 aliphatic rings. The summed E-state index contributed by atoms with van der Waals surface area (Å²) in [5.74, 6) is 0.0434. The van der Waals surface area contributed by atoms with Gasteiger partial charge in [-0.25, -0.2) is 14.6 Å². The molecule has 2 heterocycles. The molecule has 0 atom stereocenters. The number of aromatic nitrogens is 1. The number of carbonyl (C=O) groups excluding carboxylic acids is 2. The highest BCUT2D eigenvalue weighted by molar-refractivity contribution is 7.30. The van der Waals surface area contributed by atoms with Crippen LogP contribution in [0, 0.1) is 0 Å². The number of rotatable bonds is 22. The van der Waals surface area contributed by atoms with Crippen molar-refractivity contribution in [3.8, 4) is 5.75 Å². The van der Waals surface area contributed by atoms with Gasteiger partial charge < -0.3 is 19.1 Å². The Morgan fingerprint density at radius 1 is 0.755 bits per heavy atom. The van der Waals surface area contributed by atoms with Crippen LogP contribution in [-0.2, 0) is 19.1 Å². The second-order valence-corrected chi connectivity index (χ2v) is 12.8. The van der Waals surface area contributed by atoms with Gasteiger partial charge >= 0.3 is 11.9 Å². The zero-order chi connectivity index (χ0) is 34.7. The lowest BCUT2D eigenvalue weighted by molar-refractivity contribution is -0.138. The maximum absolute atomic E-state index is 11.3. The predicted molar refractivity (Wildman–Crippen MR) is 197 cm³/mol. The van der Waals surface area contributed by atoms with Gasteiger partial charge in [0.1, 0.15) is 22.2 Å². The highest BCUT2D eigenvalue weighted by atomic mass is 32.1. The summed E-state index contributed by atoms with van der Waals surface area (Å²) in [6, 6.07) is 17.3. The summed E-state index contributed by atoms with van der Waals surface area (Å²) in [5, 5.41) is 18.8. The fourth-order valence-electron chi connectivity index (χ4n) is 4.65. The topological polar surface area (TPSA) is 127 Å². The van der Waals surface area contributed by atoms with Crippen LogP contribution in [0.25, 0.3) is 9.53 Å². The van der Waals surface area contributed by atoms with Crippen molar-refractivity contribution in [1.29, 1.82) is 0 Å². The second-order valence-electron chi connectivity index (χ2n) is 10.8. The number of anilines is 1. The van der Waals surface area contributed by atoms with Crippen LogP contribution in [0.5, 0.6) is 5.75 Å². The third kappa shape index (κ3) is 13.0. The number of carbonyl (C=O) groups is 2. The standard InChI is InChI=1S/C36H42N6O5S2/c1-4-33(43)46-24-13-11-9-7-8-10-12-23-45-30-20-16-28(17-21-30)38-40-32-26-31-35(49-32)37-36(48-31)41-39-27-14-18-29(19-15-27)42(6-3)22-25-47-34(44)5-2/h4-5,14-21,26H,1-2,6-13,22-25H2,3H3. The fraction of sp³-hybridized carbons (Fsp3) is 0.361. The molecule has 0 amide bonds. The van der Waals surface area contributed by atoms with Crippen LogP contribution < -0.4 is 9.64 Å².